The maximum atomic E-state index is 12.0. The SMILES string of the molecule is Cc1cc(I)ccc1NC(=O)CSc1sc(N)nc1C. The van der Waals surface area contributed by atoms with Gasteiger partial charge in [0.2, 0.25) is 5.91 Å². The minimum Gasteiger partial charge on any atom is -0.375 e. The first-order valence-electron chi connectivity index (χ1n) is 5.87. The predicted octanol–water partition coefficient (Wildman–Crippen LogP) is 3.68. The molecule has 1 aromatic carbocycles. The summed E-state index contributed by atoms with van der Waals surface area (Å²) < 4.78 is 2.15. The number of nitrogens with zero attached hydrogens (tertiary/aromatic N) is 1. The summed E-state index contributed by atoms with van der Waals surface area (Å²) >= 11 is 5.13. The Balaban J connectivity index is 1.94. The van der Waals surface area contributed by atoms with Crippen molar-refractivity contribution in [1.29, 1.82) is 0 Å². The lowest BCUT2D eigenvalue weighted by molar-refractivity contribution is -0.113. The Bertz CT molecular complexity index is 643. The number of nitrogen functional groups attached to an aromatic ring is 1. The molecule has 0 fully saturated rings. The zero-order chi connectivity index (χ0) is 14.7. The second-order valence-corrected chi connectivity index (χ2v) is 7.74. The first-order valence-corrected chi connectivity index (χ1v) is 8.75. The number of anilines is 2. The van der Waals surface area contributed by atoms with E-state index < -0.39 is 0 Å². The third-order valence-corrected chi connectivity index (χ3v) is 5.59. The molecule has 2 aromatic rings. The van der Waals surface area contributed by atoms with Crippen LogP contribution in [0.3, 0.4) is 0 Å². The standard InChI is InChI=1S/C13H14IN3OS2/c1-7-5-9(14)3-4-10(7)17-11(18)6-19-12-8(2)16-13(15)20-12/h3-5H,6H2,1-2H3,(H2,15,16)(H,17,18). The van der Waals surface area contributed by atoms with Crippen LogP contribution in [-0.4, -0.2) is 16.6 Å². The van der Waals surface area contributed by atoms with Gasteiger partial charge in [-0.2, -0.15) is 0 Å². The molecule has 0 aliphatic carbocycles. The number of nitrogens with two attached hydrogens (primary N) is 1. The number of carbonyl (C=O) groups is 1. The van der Waals surface area contributed by atoms with E-state index in [-0.39, 0.29) is 5.91 Å². The first kappa shape index (κ1) is 15.6. The van der Waals surface area contributed by atoms with Crippen LogP contribution in [0, 0.1) is 17.4 Å². The lowest BCUT2D eigenvalue weighted by Crippen LogP contribution is -2.14. The number of hydrogen-bond acceptors (Lipinski definition) is 5. The van der Waals surface area contributed by atoms with E-state index in [2.05, 4.69) is 32.9 Å². The van der Waals surface area contributed by atoms with Gasteiger partial charge in [0.25, 0.3) is 0 Å². The number of thioether (sulfide) groups is 1. The summed E-state index contributed by atoms with van der Waals surface area (Å²) in [6.45, 7) is 3.88. The molecule has 0 saturated heterocycles. The summed E-state index contributed by atoms with van der Waals surface area (Å²) in [4.78, 5) is 16.1. The highest BCUT2D eigenvalue weighted by Gasteiger charge is 2.10. The quantitative estimate of drug-likeness (QED) is 0.586. The average molecular weight is 419 g/mol. The maximum Gasteiger partial charge on any atom is 0.234 e. The van der Waals surface area contributed by atoms with Crippen molar-refractivity contribution < 1.29 is 4.79 Å². The van der Waals surface area contributed by atoms with Crippen molar-refractivity contribution in [3.8, 4) is 0 Å². The summed E-state index contributed by atoms with van der Waals surface area (Å²) in [6.07, 6.45) is 0. The predicted molar refractivity (Wildman–Crippen MR) is 94.5 cm³/mol. The van der Waals surface area contributed by atoms with Gasteiger partial charge in [-0.1, -0.05) is 11.3 Å². The fourth-order valence-corrected chi connectivity index (χ4v) is 4.09. The molecule has 1 aromatic heterocycles. The van der Waals surface area contributed by atoms with Crippen LogP contribution in [0.5, 0.6) is 0 Å². The molecule has 2 rings (SSSR count). The van der Waals surface area contributed by atoms with Crippen LogP contribution < -0.4 is 11.1 Å². The average Bonchev–Trinajstić information content (AvgIpc) is 2.69. The molecular formula is C13H14IN3OS2. The van der Waals surface area contributed by atoms with E-state index in [9.17, 15) is 4.79 Å². The molecule has 20 heavy (non-hydrogen) atoms. The lowest BCUT2D eigenvalue weighted by Gasteiger charge is -2.08. The number of carbonyl (C=O) groups excluding carboxylic acids is 1. The minimum absolute atomic E-state index is 0.0225. The molecule has 3 N–H and O–H groups in total. The van der Waals surface area contributed by atoms with Crippen molar-refractivity contribution in [2.24, 2.45) is 0 Å². The number of hydrogen-bond donors (Lipinski definition) is 2. The Hall–Kier alpha value is -0.800. The highest BCUT2D eigenvalue weighted by Crippen LogP contribution is 2.30. The first-order chi connectivity index (χ1) is 9.45. The van der Waals surface area contributed by atoms with E-state index in [4.69, 9.17) is 5.73 Å². The number of aryl methyl sites for hydroxylation is 2. The fourth-order valence-electron chi connectivity index (χ4n) is 1.62. The summed E-state index contributed by atoms with van der Waals surface area (Å²) in [6, 6.07) is 5.94. The van der Waals surface area contributed by atoms with Crippen LogP contribution in [0.1, 0.15) is 11.3 Å². The lowest BCUT2D eigenvalue weighted by atomic mass is 10.2. The Kier molecular flexibility index (Phi) is 5.28. The Morgan fingerprint density at radius 2 is 2.25 bits per heavy atom. The van der Waals surface area contributed by atoms with E-state index >= 15 is 0 Å². The van der Waals surface area contributed by atoms with Gasteiger partial charge in [0.1, 0.15) is 0 Å². The van der Waals surface area contributed by atoms with E-state index in [0.29, 0.717) is 10.9 Å². The second-order valence-electron chi connectivity index (χ2n) is 4.22. The topological polar surface area (TPSA) is 68.0 Å². The van der Waals surface area contributed by atoms with Gasteiger partial charge in [-0.15, -0.1) is 11.8 Å². The molecular weight excluding hydrogens is 405 g/mol. The van der Waals surface area contributed by atoms with Crippen LogP contribution >= 0.6 is 45.7 Å². The molecule has 0 saturated carbocycles. The Labute approximate surface area is 139 Å². The zero-order valence-electron chi connectivity index (χ0n) is 11.1. The van der Waals surface area contributed by atoms with Crippen molar-refractivity contribution in [2.45, 2.75) is 18.1 Å². The van der Waals surface area contributed by atoms with E-state index in [1.165, 1.54) is 23.1 Å². The Morgan fingerprint density at radius 1 is 1.50 bits per heavy atom. The van der Waals surface area contributed by atoms with E-state index in [1.807, 2.05) is 32.0 Å². The minimum atomic E-state index is -0.0225. The van der Waals surface area contributed by atoms with Gasteiger partial charge in [-0.05, 0) is 60.2 Å². The summed E-state index contributed by atoms with van der Waals surface area (Å²) in [5, 5.41) is 3.46. The Morgan fingerprint density at radius 3 is 2.85 bits per heavy atom. The molecule has 1 amide bonds. The summed E-state index contributed by atoms with van der Waals surface area (Å²) in [7, 11) is 0. The molecule has 4 nitrogen and oxygen atoms in total. The molecule has 0 radical (unpaired) electrons. The second kappa shape index (κ2) is 6.77. The normalized spacial score (nSPS) is 10.6. The molecule has 7 heteroatoms. The number of benzene rings is 1. The highest BCUT2D eigenvalue weighted by molar-refractivity contribution is 14.1. The number of amides is 1. The zero-order valence-corrected chi connectivity index (χ0v) is 14.9. The smallest absolute Gasteiger partial charge is 0.234 e. The molecule has 0 spiro atoms. The molecule has 0 unspecified atom stereocenters. The van der Waals surface area contributed by atoms with Crippen molar-refractivity contribution in [3.63, 3.8) is 0 Å². The van der Waals surface area contributed by atoms with Crippen molar-refractivity contribution >= 4 is 62.4 Å². The van der Waals surface area contributed by atoms with Crippen LogP contribution in [0.2, 0.25) is 0 Å². The van der Waals surface area contributed by atoms with Crippen LogP contribution in [0.25, 0.3) is 0 Å². The van der Waals surface area contributed by atoms with E-state index in [1.54, 1.807) is 0 Å². The third kappa shape index (κ3) is 4.10. The van der Waals surface area contributed by atoms with Gasteiger partial charge in [0, 0.05) is 9.26 Å². The number of thiazole rings is 1. The summed E-state index contributed by atoms with van der Waals surface area (Å²) in [5.74, 6) is 0.333. The molecule has 0 aliphatic rings. The van der Waals surface area contributed by atoms with Crippen molar-refractivity contribution in [1.82, 2.24) is 4.98 Å². The van der Waals surface area contributed by atoms with Gasteiger partial charge in [-0.3, -0.25) is 4.79 Å². The number of nitrogens with one attached hydrogen (secondary N) is 1. The van der Waals surface area contributed by atoms with Crippen molar-refractivity contribution in [3.05, 3.63) is 33.0 Å². The van der Waals surface area contributed by atoms with E-state index in [0.717, 1.165) is 24.7 Å². The summed E-state index contributed by atoms with van der Waals surface area (Å²) in [5.41, 5.74) is 8.44. The van der Waals surface area contributed by atoms with Gasteiger partial charge < -0.3 is 11.1 Å². The van der Waals surface area contributed by atoms with Gasteiger partial charge in [-0.25, -0.2) is 4.98 Å². The van der Waals surface area contributed by atoms with Crippen molar-refractivity contribution in [2.75, 3.05) is 16.8 Å². The third-order valence-electron chi connectivity index (χ3n) is 2.57. The maximum absolute atomic E-state index is 12.0. The largest absolute Gasteiger partial charge is 0.375 e. The number of halogens is 1. The monoisotopic (exact) mass is 419 g/mol. The van der Waals surface area contributed by atoms with Gasteiger partial charge in [0.15, 0.2) is 5.13 Å². The molecule has 0 atom stereocenters. The van der Waals surface area contributed by atoms with Crippen LogP contribution in [-0.2, 0) is 4.79 Å². The highest BCUT2D eigenvalue weighted by atomic mass is 127. The van der Waals surface area contributed by atoms with Gasteiger partial charge >= 0.3 is 0 Å². The number of rotatable bonds is 4. The number of aromatic nitrogens is 1. The molecule has 106 valence electrons. The van der Waals surface area contributed by atoms with Crippen LogP contribution in [0.15, 0.2) is 22.4 Å². The fraction of sp³-hybridized carbons (Fsp3) is 0.231. The van der Waals surface area contributed by atoms with Crippen LogP contribution in [0.4, 0.5) is 10.8 Å². The molecule has 0 aliphatic heterocycles. The van der Waals surface area contributed by atoms with Gasteiger partial charge in [0.05, 0.1) is 15.7 Å². The molecule has 1 heterocycles. The molecule has 0 bridgehead atoms.